The van der Waals surface area contributed by atoms with Gasteiger partial charge < -0.3 is 24.8 Å². The first-order valence-corrected chi connectivity index (χ1v) is 11.7. The number of pyridine rings is 1. The van der Waals surface area contributed by atoms with Crippen LogP contribution < -0.4 is 15.0 Å². The van der Waals surface area contributed by atoms with E-state index in [9.17, 15) is 9.59 Å². The minimum absolute atomic E-state index is 0.0321. The molecule has 2 saturated heterocycles. The monoisotopic (exact) mass is 451 g/mol. The zero-order chi connectivity index (χ0) is 23.2. The molecule has 8 nitrogen and oxygen atoms in total. The number of methoxy groups -OCH3 is 1. The number of nitrogens with one attached hydrogen (secondary N) is 1. The lowest BCUT2D eigenvalue weighted by molar-refractivity contribution is 0.0664. The molecule has 0 radical (unpaired) electrons. The lowest BCUT2D eigenvalue weighted by Gasteiger charge is -2.35. The fraction of sp³-hybridized carbons (Fsp3) is 0.480. The lowest BCUT2D eigenvalue weighted by atomic mass is 10.1. The largest absolute Gasteiger partial charge is 0.496 e. The molecule has 2 aliphatic rings. The Labute approximate surface area is 195 Å². The van der Waals surface area contributed by atoms with Crippen LogP contribution in [0.1, 0.15) is 40.7 Å². The summed E-state index contributed by atoms with van der Waals surface area (Å²) in [6.07, 6.45) is 5.50. The average molecular weight is 452 g/mol. The lowest BCUT2D eigenvalue weighted by Crippen LogP contribution is -2.53. The molecule has 3 heterocycles. The average Bonchev–Trinajstić information content (AvgIpc) is 2.88. The topological polar surface area (TPSA) is 78.0 Å². The highest BCUT2D eigenvalue weighted by molar-refractivity contribution is 5.95. The molecule has 1 aromatic heterocycles. The third-order valence-corrected chi connectivity index (χ3v) is 6.44. The Bertz CT molecular complexity index is 982. The summed E-state index contributed by atoms with van der Waals surface area (Å²) in [7, 11) is 1.61. The van der Waals surface area contributed by atoms with Crippen LogP contribution in [0.25, 0.3) is 0 Å². The van der Waals surface area contributed by atoms with E-state index in [0.717, 1.165) is 30.0 Å². The van der Waals surface area contributed by atoms with E-state index in [1.807, 2.05) is 31.3 Å². The number of anilines is 1. The molecule has 2 fully saturated rings. The normalized spacial score (nSPS) is 16.5. The Kier molecular flexibility index (Phi) is 7.32. The van der Waals surface area contributed by atoms with Gasteiger partial charge >= 0.3 is 6.03 Å². The molecular weight excluding hydrogens is 418 g/mol. The number of piperazine rings is 1. The van der Waals surface area contributed by atoms with Crippen LogP contribution in [0.2, 0.25) is 0 Å². The minimum atomic E-state index is -0.101. The van der Waals surface area contributed by atoms with Gasteiger partial charge in [-0.2, -0.15) is 0 Å². The van der Waals surface area contributed by atoms with Gasteiger partial charge in [0.2, 0.25) is 0 Å². The van der Waals surface area contributed by atoms with E-state index in [1.165, 1.54) is 19.3 Å². The van der Waals surface area contributed by atoms with Gasteiger partial charge in [0.05, 0.1) is 7.11 Å². The molecule has 0 saturated carbocycles. The first kappa shape index (κ1) is 22.9. The number of hydrogen-bond acceptors (Lipinski definition) is 5. The van der Waals surface area contributed by atoms with Crippen molar-refractivity contribution in [2.24, 2.45) is 0 Å². The number of rotatable bonds is 5. The number of ether oxygens (including phenoxy) is 1. The Morgan fingerprint density at radius 3 is 2.42 bits per heavy atom. The van der Waals surface area contributed by atoms with Gasteiger partial charge in [0.15, 0.2) is 0 Å². The van der Waals surface area contributed by atoms with Crippen LogP contribution >= 0.6 is 0 Å². The number of hydrogen-bond donors (Lipinski definition) is 1. The van der Waals surface area contributed by atoms with Gasteiger partial charge in [-0.25, -0.2) is 9.78 Å². The molecular formula is C25H33N5O3. The number of urea groups is 1. The number of carbonyl (C=O) groups excluding carboxylic acids is 2. The van der Waals surface area contributed by atoms with Crippen LogP contribution in [0.5, 0.6) is 5.75 Å². The van der Waals surface area contributed by atoms with E-state index in [-0.39, 0.29) is 11.9 Å². The summed E-state index contributed by atoms with van der Waals surface area (Å²) in [5.41, 5.74) is 2.64. The van der Waals surface area contributed by atoms with Crippen molar-refractivity contribution in [3.8, 4) is 5.75 Å². The highest BCUT2D eigenvalue weighted by Gasteiger charge is 2.25. The molecule has 2 aromatic rings. The molecule has 2 aliphatic heterocycles. The molecule has 4 rings (SSSR count). The van der Waals surface area contributed by atoms with Crippen molar-refractivity contribution in [1.29, 1.82) is 0 Å². The van der Waals surface area contributed by atoms with Gasteiger partial charge in [0.25, 0.3) is 5.91 Å². The molecule has 1 aromatic carbocycles. The number of nitrogens with zero attached hydrogens (tertiary/aromatic N) is 4. The molecule has 0 atom stereocenters. The van der Waals surface area contributed by atoms with E-state index < -0.39 is 0 Å². The van der Waals surface area contributed by atoms with Crippen molar-refractivity contribution in [1.82, 2.24) is 20.1 Å². The quantitative estimate of drug-likeness (QED) is 0.756. The van der Waals surface area contributed by atoms with Gasteiger partial charge in [-0.3, -0.25) is 4.79 Å². The van der Waals surface area contributed by atoms with Crippen molar-refractivity contribution >= 4 is 17.8 Å². The summed E-state index contributed by atoms with van der Waals surface area (Å²) in [4.78, 5) is 35.9. The Morgan fingerprint density at radius 2 is 1.70 bits per heavy atom. The number of aryl methyl sites for hydroxylation is 1. The molecule has 8 heteroatoms. The Balaban J connectivity index is 1.27. The third-order valence-electron chi connectivity index (χ3n) is 6.44. The zero-order valence-corrected chi connectivity index (χ0v) is 19.5. The molecule has 3 amide bonds. The van der Waals surface area contributed by atoms with E-state index >= 15 is 0 Å². The predicted molar refractivity (Wildman–Crippen MR) is 128 cm³/mol. The fourth-order valence-electron chi connectivity index (χ4n) is 4.40. The first-order valence-electron chi connectivity index (χ1n) is 11.7. The van der Waals surface area contributed by atoms with Crippen molar-refractivity contribution in [2.45, 2.75) is 32.7 Å². The second-order valence-electron chi connectivity index (χ2n) is 8.69. The van der Waals surface area contributed by atoms with Crippen LogP contribution in [0.3, 0.4) is 0 Å². The highest BCUT2D eigenvalue weighted by atomic mass is 16.5. The van der Waals surface area contributed by atoms with E-state index in [2.05, 4.69) is 21.3 Å². The number of benzene rings is 1. The first-order chi connectivity index (χ1) is 16.0. The van der Waals surface area contributed by atoms with Crippen LogP contribution in [0, 0.1) is 6.92 Å². The molecule has 33 heavy (non-hydrogen) atoms. The van der Waals surface area contributed by atoms with Crippen molar-refractivity contribution in [3.05, 3.63) is 53.2 Å². The Morgan fingerprint density at radius 1 is 0.970 bits per heavy atom. The minimum Gasteiger partial charge on any atom is -0.496 e. The summed E-state index contributed by atoms with van der Waals surface area (Å²) >= 11 is 0. The summed E-state index contributed by atoms with van der Waals surface area (Å²) in [6.45, 7) is 6.54. The summed E-state index contributed by atoms with van der Waals surface area (Å²) in [5.74, 6) is 1.66. The second-order valence-corrected chi connectivity index (χ2v) is 8.69. The maximum absolute atomic E-state index is 12.9. The Hall–Kier alpha value is -3.29. The van der Waals surface area contributed by atoms with Crippen molar-refractivity contribution < 1.29 is 14.3 Å². The van der Waals surface area contributed by atoms with Gasteiger partial charge in [0.1, 0.15) is 11.6 Å². The maximum Gasteiger partial charge on any atom is 0.317 e. The number of amides is 3. The predicted octanol–water partition coefficient (Wildman–Crippen LogP) is 3.06. The van der Waals surface area contributed by atoms with Crippen molar-refractivity contribution in [2.75, 3.05) is 51.3 Å². The van der Waals surface area contributed by atoms with Gasteiger partial charge in [0, 0.05) is 57.6 Å². The van der Waals surface area contributed by atoms with E-state index in [1.54, 1.807) is 23.0 Å². The number of piperidine rings is 1. The van der Waals surface area contributed by atoms with E-state index in [4.69, 9.17) is 4.74 Å². The van der Waals surface area contributed by atoms with Crippen LogP contribution in [-0.4, -0.2) is 73.1 Å². The summed E-state index contributed by atoms with van der Waals surface area (Å²) in [6, 6.07) is 9.41. The van der Waals surface area contributed by atoms with Gasteiger partial charge in [-0.05, 0) is 61.6 Å². The molecule has 1 N–H and O–H groups in total. The molecule has 0 spiro atoms. The molecule has 176 valence electrons. The van der Waals surface area contributed by atoms with Crippen LogP contribution in [0.4, 0.5) is 10.6 Å². The molecule has 0 bridgehead atoms. The smallest absolute Gasteiger partial charge is 0.317 e. The van der Waals surface area contributed by atoms with E-state index in [0.29, 0.717) is 44.0 Å². The second kappa shape index (κ2) is 10.6. The number of aromatic nitrogens is 1. The zero-order valence-electron chi connectivity index (χ0n) is 19.5. The van der Waals surface area contributed by atoms with Crippen LogP contribution in [0.15, 0.2) is 36.5 Å². The van der Waals surface area contributed by atoms with Crippen LogP contribution in [-0.2, 0) is 6.54 Å². The standard InChI is InChI=1S/C25H33N5O3/c1-19-6-7-21(17-22(19)33-2)24(31)29-12-14-30(15-13-29)25(32)27-18-20-8-9-26-23(16-20)28-10-4-3-5-11-28/h6-9,16-17H,3-5,10-15,18H2,1-2H3,(H,27,32). The highest BCUT2D eigenvalue weighted by Crippen LogP contribution is 2.21. The molecule has 0 unspecified atom stereocenters. The van der Waals surface area contributed by atoms with Gasteiger partial charge in [-0.15, -0.1) is 0 Å². The third kappa shape index (κ3) is 5.56. The fourth-order valence-corrected chi connectivity index (χ4v) is 4.40. The van der Waals surface area contributed by atoms with Gasteiger partial charge in [-0.1, -0.05) is 6.07 Å². The summed E-state index contributed by atoms with van der Waals surface area (Å²) in [5, 5.41) is 3.02. The van der Waals surface area contributed by atoms with Crippen molar-refractivity contribution in [3.63, 3.8) is 0 Å². The number of carbonyl (C=O) groups is 2. The summed E-state index contributed by atoms with van der Waals surface area (Å²) < 4.78 is 5.34. The molecule has 0 aliphatic carbocycles. The maximum atomic E-state index is 12.9. The SMILES string of the molecule is COc1cc(C(=O)N2CCN(C(=O)NCc3ccnc(N4CCCCC4)c3)CC2)ccc1C.